The number of piperazine rings is 1. The normalized spacial score (nSPS) is 16.4. The number of hydrogen-bond acceptors (Lipinski definition) is 3. The van der Waals surface area contributed by atoms with Gasteiger partial charge in [-0.25, -0.2) is 0 Å². The molecular weight excluding hydrogens is 402 g/mol. The predicted molar refractivity (Wildman–Crippen MR) is 105 cm³/mol. The molecule has 152 valence electrons. The van der Waals surface area contributed by atoms with Crippen molar-refractivity contribution in [1.29, 1.82) is 0 Å². The van der Waals surface area contributed by atoms with Crippen LogP contribution in [0.15, 0.2) is 30.5 Å². The second-order valence-electron chi connectivity index (χ2n) is 6.45. The minimum absolute atomic E-state index is 0. The molecule has 1 N–H and O–H groups in total. The van der Waals surface area contributed by atoms with Crippen LogP contribution >= 0.6 is 24.8 Å². The van der Waals surface area contributed by atoms with Crippen molar-refractivity contribution in [2.45, 2.75) is 32.0 Å². The molecule has 27 heavy (non-hydrogen) atoms. The van der Waals surface area contributed by atoms with Crippen LogP contribution < -0.4 is 5.32 Å². The Kier molecular flexibility index (Phi) is 8.60. The Morgan fingerprint density at radius 2 is 1.81 bits per heavy atom. The molecule has 2 aromatic rings. The maximum absolute atomic E-state index is 12.9. The van der Waals surface area contributed by atoms with E-state index < -0.39 is 12.6 Å². The summed E-state index contributed by atoms with van der Waals surface area (Å²) in [5, 5.41) is 4.08. The van der Waals surface area contributed by atoms with Crippen LogP contribution in [0.3, 0.4) is 0 Å². The third-order valence-corrected chi connectivity index (χ3v) is 4.73. The Balaban J connectivity index is 0.00000182. The summed E-state index contributed by atoms with van der Waals surface area (Å²) >= 11 is 0. The number of nitrogens with one attached hydrogen (secondary N) is 1. The number of carbonyl (C=O) groups excluding carboxylic acids is 1. The molecule has 0 unspecified atom stereocenters. The van der Waals surface area contributed by atoms with Crippen LogP contribution in [0, 0.1) is 0 Å². The van der Waals surface area contributed by atoms with E-state index in [4.69, 9.17) is 0 Å². The first-order valence-corrected chi connectivity index (χ1v) is 8.49. The molecule has 1 aliphatic rings. The van der Waals surface area contributed by atoms with E-state index in [1.165, 1.54) is 11.5 Å². The number of carbonyl (C=O) groups is 1. The van der Waals surface area contributed by atoms with Crippen molar-refractivity contribution in [1.82, 2.24) is 14.8 Å². The van der Waals surface area contributed by atoms with Gasteiger partial charge in [0.05, 0.1) is 5.52 Å². The highest BCUT2D eigenvalue weighted by atomic mass is 35.5. The number of hydrogen-bond donors (Lipinski definition) is 1. The molecule has 0 spiro atoms. The fourth-order valence-electron chi connectivity index (χ4n) is 3.56. The largest absolute Gasteiger partial charge is 0.389 e. The first-order valence-electron chi connectivity index (χ1n) is 8.49. The average Bonchev–Trinajstić information content (AvgIpc) is 2.95. The third-order valence-electron chi connectivity index (χ3n) is 4.73. The Morgan fingerprint density at radius 3 is 2.41 bits per heavy atom. The lowest BCUT2D eigenvalue weighted by Crippen LogP contribution is -2.45. The van der Waals surface area contributed by atoms with Gasteiger partial charge in [0, 0.05) is 57.1 Å². The molecular formula is C18H24Cl2F3N3O. The minimum Gasteiger partial charge on any atom is -0.314 e. The lowest BCUT2D eigenvalue weighted by Gasteiger charge is -2.35. The topological polar surface area (TPSA) is 37.3 Å². The number of benzene rings is 1. The van der Waals surface area contributed by atoms with Crippen molar-refractivity contribution in [3.8, 4) is 0 Å². The van der Waals surface area contributed by atoms with Crippen LogP contribution in [0.2, 0.25) is 0 Å². The van der Waals surface area contributed by atoms with E-state index in [1.54, 1.807) is 6.20 Å². The molecule has 4 nitrogen and oxygen atoms in total. The summed E-state index contributed by atoms with van der Waals surface area (Å²) < 4.78 is 40.1. The molecule has 0 bridgehead atoms. The summed E-state index contributed by atoms with van der Waals surface area (Å²) in [7, 11) is 0. The van der Waals surface area contributed by atoms with E-state index in [-0.39, 0.29) is 43.2 Å². The lowest BCUT2D eigenvalue weighted by atomic mass is 9.98. The SMILES string of the molecule is CC(=O)n1cc([C@H](CCC(F)(F)F)N2CCNCC2)c2ccccc21.Cl.Cl. The zero-order chi connectivity index (χ0) is 18.0. The first kappa shape index (κ1) is 23.8. The molecule has 0 saturated carbocycles. The molecule has 1 aliphatic heterocycles. The summed E-state index contributed by atoms with van der Waals surface area (Å²) in [4.78, 5) is 14.0. The van der Waals surface area contributed by atoms with Gasteiger partial charge in [-0.2, -0.15) is 13.2 Å². The standard InChI is InChI=1S/C18H22F3N3O.2ClH/c1-13(25)24-12-15(14-4-2-3-5-17(14)24)16(6-7-18(19,20)21)23-10-8-22-9-11-23;;/h2-5,12,16,22H,6-11H2,1H3;2*1H/t16-;;/m0../s1. The van der Waals surface area contributed by atoms with Crippen molar-refractivity contribution in [2.75, 3.05) is 26.2 Å². The van der Waals surface area contributed by atoms with E-state index >= 15 is 0 Å². The summed E-state index contributed by atoms with van der Waals surface area (Å²) in [6.45, 7) is 4.37. The van der Waals surface area contributed by atoms with Gasteiger partial charge in [0.1, 0.15) is 0 Å². The van der Waals surface area contributed by atoms with Crippen LogP contribution in [0.25, 0.3) is 10.9 Å². The fraction of sp³-hybridized carbons (Fsp3) is 0.500. The van der Waals surface area contributed by atoms with Crippen LogP contribution in [-0.2, 0) is 0 Å². The molecule has 1 aromatic carbocycles. The number of fused-ring (bicyclic) bond motifs is 1. The summed E-state index contributed by atoms with van der Waals surface area (Å²) in [5.41, 5.74) is 1.55. The average molecular weight is 426 g/mol. The summed E-state index contributed by atoms with van der Waals surface area (Å²) in [5.74, 6) is -0.141. The van der Waals surface area contributed by atoms with E-state index in [1.807, 2.05) is 24.3 Å². The zero-order valence-electron chi connectivity index (χ0n) is 15.0. The number of nitrogens with zero attached hydrogens (tertiary/aromatic N) is 2. The molecule has 1 aromatic heterocycles. The maximum atomic E-state index is 12.9. The van der Waals surface area contributed by atoms with Gasteiger partial charge in [-0.05, 0) is 18.1 Å². The molecule has 1 saturated heterocycles. The fourth-order valence-corrected chi connectivity index (χ4v) is 3.56. The molecule has 2 heterocycles. The second-order valence-corrected chi connectivity index (χ2v) is 6.45. The second kappa shape index (κ2) is 9.78. The Morgan fingerprint density at radius 1 is 1.19 bits per heavy atom. The number of halogens is 5. The Labute approximate surface area is 168 Å². The highest BCUT2D eigenvalue weighted by molar-refractivity contribution is 5.93. The molecule has 1 fully saturated rings. The van der Waals surface area contributed by atoms with Gasteiger partial charge < -0.3 is 5.32 Å². The molecule has 9 heteroatoms. The van der Waals surface area contributed by atoms with Gasteiger partial charge in [-0.3, -0.25) is 14.3 Å². The zero-order valence-corrected chi connectivity index (χ0v) is 16.6. The number of rotatable bonds is 4. The first-order chi connectivity index (χ1) is 11.9. The molecule has 0 radical (unpaired) electrons. The van der Waals surface area contributed by atoms with Gasteiger partial charge in [-0.1, -0.05) is 18.2 Å². The van der Waals surface area contributed by atoms with Gasteiger partial charge >= 0.3 is 6.18 Å². The van der Waals surface area contributed by atoms with Crippen LogP contribution in [-0.4, -0.2) is 47.7 Å². The van der Waals surface area contributed by atoms with Crippen molar-refractivity contribution in [3.05, 3.63) is 36.0 Å². The molecule has 3 rings (SSSR count). The van der Waals surface area contributed by atoms with Crippen molar-refractivity contribution in [3.63, 3.8) is 0 Å². The van der Waals surface area contributed by atoms with E-state index in [0.717, 1.165) is 29.6 Å². The summed E-state index contributed by atoms with van der Waals surface area (Å²) in [6.07, 6.45) is -3.31. The van der Waals surface area contributed by atoms with E-state index in [9.17, 15) is 18.0 Å². The predicted octanol–water partition coefficient (Wildman–Crippen LogP) is 4.43. The quantitative estimate of drug-likeness (QED) is 0.786. The Hall–Kier alpha value is -1.28. The van der Waals surface area contributed by atoms with Crippen molar-refractivity contribution in [2.24, 2.45) is 0 Å². The minimum atomic E-state index is -4.19. The summed E-state index contributed by atoms with van der Waals surface area (Å²) in [6, 6.07) is 7.05. The number of para-hydroxylation sites is 1. The third kappa shape index (κ3) is 5.60. The van der Waals surface area contributed by atoms with Crippen LogP contribution in [0.4, 0.5) is 13.2 Å². The highest BCUT2D eigenvalue weighted by Crippen LogP contribution is 2.36. The van der Waals surface area contributed by atoms with Crippen LogP contribution in [0.5, 0.6) is 0 Å². The number of aromatic nitrogens is 1. The van der Waals surface area contributed by atoms with Gasteiger partial charge in [0.25, 0.3) is 0 Å². The molecule has 1 atom stereocenters. The lowest BCUT2D eigenvalue weighted by molar-refractivity contribution is -0.138. The van der Waals surface area contributed by atoms with E-state index in [0.29, 0.717) is 13.1 Å². The van der Waals surface area contributed by atoms with Crippen molar-refractivity contribution >= 4 is 41.6 Å². The van der Waals surface area contributed by atoms with Crippen LogP contribution in [0.1, 0.15) is 36.2 Å². The van der Waals surface area contributed by atoms with Gasteiger partial charge in [-0.15, -0.1) is 24.8 Å². The molecule has 0 aliphatic carbocycles. The maximum Gasteiger partial charge on any atom is 0.389 e. The monoisotopic (exact) mass is 425 g/mol. The van der Waals surface area contributed by atoms with Gasteiger partial charge in [0.2, 0.25) is 5.91 Å². The highest BCUT2D eigenvalue weighted by Gasteiger charge is 2.32. The smallest absolute Gasteiger partial charge is 0.314 e. The van der Waals surface area contributed by atoms with Crippen molar-refractivity contribution < 1.29 is 18.0 Å². The number of alkyl halides is 3. The van der Waals surface area contributed by atoms with Gasteiger partial charge in [0.15, 0.2) is 0 Å². The Bertz CT molecular complexity index is 758. The van der Waals surface area contributed by atoms with E-state index in [2.05, 4.69) is 10.2 Å². The molecule has 0 amide bonds.